The van der Waals surface area contributed by atoms with Gasteiger partial charge in [-0.15, -0.1) is 0 Å². The monoisotopic (exact) mass is 209 g/mol. The van der Waals surface area contributed by atoms with Crippen LogP contribution in [-0.4, -0.2) is 10.1 Å². The predicted octanol–water partition coefficient (Wildman–Crippen LogP) is 1.77. The molecule has 0 unspecified atom stereocenters. The van der Waals surface area contributed by atoms with E-state index in [-0.39, 0.29) is 6.04 Å². The van der Waals surface area contributed by atoms with Crippen molar-refractivity contribution in [3.63, 3.8) is 0 Å². The third-order valence-corrected chi connectivity index (χ3v) is 2.14. The molecule has 0 saturated carbocycles. The molecule has 4 nitrogen and oxygen atoms in total. The molecule has 72 valence electrons. The Balaban J connectivity index is 2.28. The van der Waals surface area contributed by atoms with Gasteiger partial charge in [-0.25, -0.2) is 0 Å². The molecule has 0 saturated heterocycles. The van der Waals surface area contributed by atoms with E-state index in [1.165, 1.54) is 6.39 Å². The van der Waals surface area contributed by atoms with Gasteiger partial charge in [0.1, 0.15) is 0 Å². The van der Waals surface area contributed by atoms with E-state index in [0.29, 0.717) is 10.8 Å². The Bertz CT molecular complexity index is 399. The minimum atomic E-state index is -0.369. The van der Waals surface area contributed by atoms with Crippen molar-refractivity contribution in [2.45, 2.75) is 6.04 Å². The summed E-state index contributed by atoms with van der Waals surface area (Å²) in [5.74, 6) is 0.465. The number of rotatable bonds is 2. The molecule has 0 aliphatic heterocycles. The van der Waals surface area contributed by atoms with Crippen LogP contribution in [0.1, 0.15) is 17.4 Å². The average molecular weight is 210 g/mol. The molecule has 0 amide bonds. The number of nitrogens with zero attached hydrogens (tertiary/aromatic N) is 2. The molecule has 1 atom stereocenters. The maximum absolute atomic E-state index is 5.88. The predicted molar refractivity (Wildman–Crippen MR) is 51.8 cm³/mol. The summed E-state index contributed by atoms with van der Waals surface area (Å²) in [5.41, 5.74) is 6.78. The Hall–Kier alpha value is -1.39. The quantitative estimate of drug-likeness (QED) is 0.819. The lowest BCUT2D eigenvalue weighted by Crippen LogP contribution is -2.13. The van der Waals surface area contributed by atoms with E-state index in [4.69, 9.17) is 17.3 Å². The molecule has 0 bridgehead atoms. The van der Waals surface area contributed by atoms with Crippen LogP contribution in [0.3, 0.4) is 0 Å². The summed E-state index contributed by atoms with van der Waals surface area (Å²) < 4.78 is 4.61. The van der Waals surface area contributed by atoms with E-state index < -0.39 is 0 Å². The highest BCUT2D eigenvalue weighted by molar-refractivity contribution is 6.30. The number of halogens is 1. The molecule has 0 spiro atoms. The molecule has 2 N–H and O–H groups in total. The third-order valence-electron chi connectivity index (χ3n) is 1.89. The highest BCUT2D eigenvalue weighted by Crippen LogP contribution is 2.18. The maximum Gasteiger partial charge on any atom is 0.213 e. The first-order valence-corrected chi connectivity index (χ1v) is 4.42. The summed E-state index contributed by atoms with van der Waals surface area (Å²) in [6, 6.07) is 6.85. The SMILES string of the molecule is N[C@H](c1ccc(Cl)cc1)c1ncon1. The lowest BCUT2D eigenvalue weighted by Gasteiger charge is -2.06. The summed E-state index contributed by atoms with van der Waals surface area (Å²) in [6.45, 7) is 0. The van der Waals surface area contributed by atoms with Crippen LogP contribution in [0.2, 0.25) is 5.02 Å². The highest BCUT2D eigenvalue weighted by atomic mass is 35.5. The molecule has 5 heteroatoms. The molecular formula is C9H8ClN3O. The van der Waals surface area contributed by atoms with E-state index in [1.807, 2.05) is 12.1 Å². The van der Waals surface area contributed by atoms with Crippen molar-refractivity contribution in [2.24, 2.45) is 5.73 Å². The van der Waals surface area contributed by atoms with Gasteiger partial charge in [0.25, 0.3) is 0 Å². The van der Waals surface area contributed by atoms with Gasteiger partial charge in [-0.2, -0.15) is 4.98 Å². The standard InChI is InChI=1S/C9H8ClN3O/c10-7-3-1-6(2-4-7)8(11)9-12-5-14-13-9/h1-5,8H,11H2/t8-/m1/s1. The molecule has 0 aliphatic carbocycles. The van der Waals surface area contributed by atoms with Gasteiger partial charge in [-0.05, 0) is 17.7 Å². The second kappa shape index (κ2) is 3.77. The van der Waals surface area contributed by atoms with Crippen molar-refractivity contribution < 1.29 is 4.52 Å². The first kappa shape index (κ1) is 9.18. The summed E-state index contributed by atoms with van der Waals surface area (Å²) in [6.07, 6.45) is 1.26. The zero-order valence-electron chi connectivity index (χ0n) is 7.22. The average Bonchev–Trinajstić information content (AvgIpc) is 2.71. The second-order valence-corrected chi connectivity index (χ2v) is 3.26. The van der Waals surface area contributed by atoms with Gasteiger partial charge in [-0.3, -0.25) is 0 Å². The van der Waals surface area contributed by atoms with E-state index >= 15 is 0 Å². The molecule has 1 heterocycles. The van der Waals surface area contributed by atoms with Crippen LogP contribution in [0.5, 0.6) is 0 Å². The second-order valence-electron chi connectivity index (χ2n) is 2.82. The lowest BCUT2D eigenvalue weighted by atomic mass is 10.1. The molecule has 1 aromatic heterocycles. The van der Waals surface area contributed by atoms with Crippen LogP contribution in [0, 0.1) is 0 Å². The van der Waals surface area contributed by atoms with E-state index in [1.54, 1.807) is 12.1 Å². The zero-order valence-corrected chi connectivity index (χ0v) is 7.98. The van der Waals surface area contributed by atoms with Crippen molar-refractivity contribution in [2.75, 3.05) is 0 Å². The maximum atomic E-state index is 5.88. The van der Waals surface area contributed by atoms with Crippen LogP contribution in [0.15, 0.2) is 35.2 Å². The normalized spacial score (nSPS) is 12.7. The number of hydrogen-bond acceptors (Lipinski definition) is 4. The molecule has 2 rings (SSSR count). The third kappa shape index (κ3) is 1.76. The smallest absolute Gasteiger partial charge is 0.213 e. The summed E-state index contributed by atoms with van der Waals surface area (Å²) in [4.78, 5) is 3.88. The van der Waals surface area contributed by atoms with Crippen LogP contribution in [-0.2, 0) is 0 Å². The van der Waals surface area contributed by atoms with Crippen molar-refractivity contribution >= 4 is 11.6 Å². The van der Waals surface area contributed by atoms with E-state index in [0.717, 1.165) is 5.56 Å². The molecule has 0 fully saturated rings. The number of hydrogen-bond donors (Lipinski definition) is 1. The van der Waals surface area contributed by atoms with Gasteiger partial charge in [0.2, 0.25) is 6.39 Å². The van der Waals surface area contributed by atoms with Gasteiger partial charge in [-0.1, -0.05) is 28.9 Å². The molecule has 0 aliphatic rings. The topological polar surface area (TPSA) is 64.9 Å². The molecular weight excluding hydrogens is 202 g/mol. The molecule has 2 aromatic rings. The fourth-order valence-electron chi connectivity index (χ4n) is 1.13. The van der Waals surface area contributed by atoms with E-state index in [9.17, 15) is 0 Å². The Morgan fingerprint density at radius 1 is 1.29 bits per heavy atom. The molecule has 0 radical (unpaired) electrons. The van der Waals surface area contributed by atoms with Crippen LogP contribution >= 0.6 is 11.6 Å². The lowest BCUT2D eigenvalue weighted by molar-refractivity contribution is 0.407. The molecule has 1 aromatic carbocycles. The zero-order chi connectivity index (χ0) is 9.97. The van der Waals surface area contributed by atoms with Gasteiger partial charge in [0.15, 0.2) is 5.82 Å². The Labute approximate surface area is 85.7 Å². The van der Waals surface area contributed by atoms with Crippen molar-refractivity contribution in [3.8, 4) is 0 Å². The Morgan fingerprint density at radius 2 is 2.00 bits per heavy atom. The van der Waals surface area contributed by atoms with E-state index in [2.05, 4.69) is 14.7 Å². The summed E-state index contributed by atoms with van der Waals surface area (Å²) in [5, 5.41) is 4.35. The van der Waals surface area contributed by atoms with Gasteiger partial charge in [0, 0.05) is 5.02 Å². The first-order valence-electron chi connectivity index (χ1n) is 4.04. The van der Waals surface area contributed by atoms with Crippen LogP contribution in [0.4, 0.5) is 0 Å². The van der Waals surface area contributed by atoms with Gasteiger partial charge < -0.3 is 10.3 Å². The minimum Gasteiger partial charge on any atom is -0.343 e. The van der Waals surface area contributed by atoms with Gasteiger partial charge in [0.05, 0.1) is 6.04 Å². The number of aromatic nitrogens is 2. The van der Waals surface area contributed by atoms with Crippen molar-refractivity contribution in [1.29, 1.82) is 0 Å². The summed E-state index contributed by atoms with van der Waals surface area (Å²) in [7, 11) is 0. The fraction of sp³-hybridized carbons (Fsp3) is 0.111. The minimum absolute atomic E-state index is 0.369. The number of nitrogens with two attached hydrogens (primary N) is 1. The fourth-order valence-corrected chi connectivity index (χ4v) is 1.26. The Kier molecular flexibility index (Phi) is 2.47. The van der Waals surface area contributed by atoms with Crippen molar-refractivity contribution in [3.05, 3.63) is 47.1 Å². The largest absolute Gasteiger partial charge is 0.343 e. The van der Waals surface area contributed by atoms with Crippen LogP contribution in [0.25, 0.3) is 0 Å². The highest BCUT2D eigenvalue weighted by Gasteiger charge is 2.12. The molecule has 14 heavy (non-hydrogen) atoms. The number of benzene rings is 1. The Morgan fingerprint density at radius 3 is 2.57 bits per heavy atom. The van der Waals surface area contributed by atoms with Crippen LogP contribution < -0.4 is 5.73 Å². The van der Waals surface area contributed by atoms with Gasteiger partial charge >= 0.3 is 0 Å². The van der Waals surface area contributed by atoms with Crippen molar-refractivity contribution in [1.82, 2.24) is 10.1 Å². The summed E-state index contributed by atoms with van der Waals surface area (Å²) >= 11 is 5.75. The first-order chi connectivity index (χ1) is 6.77.